The number of thioether (sulfide) groups is 1. The van der Waals surface area contributed by atoms with Crippen molar-refractivity contribution >= 4 is 68.7 Å². The van der Waals surface area contributed by atoms with E-state index in [1.807, 2.05) is 0 Å². The maximum atomic E-state index is 13.9. The number of nitrogens with one attached hydrogen (secondary N) is 3. The lowest BCUT2D eigenvalue weighted by molar-refractivity contribution is -0.148. The molecule has 1 saturated heterocycles. The first-order valence-electron chi connectivity index (χ1n) is 15.8. The number of oxime groups is 1. The lowest BCUT2D eigenvalue weighted by Crippen LogP contribution is -2.71. The number of benzene rings is 2. The molecule has 0 aliphatic carbocycles. The second-order valence-electron chi connectivity index (χ2n) is 11.8. The number of carboxylic acid groups (broad SMARTS) is 1. The van der Waals surface area contributed by atoms with Crippen LogP contribution in [0.25, 0.3) is 10.9 Å². The molecule has 4 atom stereocenters. The van der Waals surface area contributed by atoms with Crippen LogP contribution in [0.5, 0.6) is 17.2 Å². The van der Waals surface area contributed by atoms with Crippen molar-refractivity contribution in [1.82, 2.24) is 25.5 Å². The SMILES string of the molecule is COC(C)O/N=C(\C(=O)NC1C(=O)N2C(OC(=O)O)=C(C(Cc3ccc(O)c(O)c3)NC(=O)c3c(O)c(=O)[nH]c4ccccc34)CS[C@@H]12)c1csc(N)n1. The van der Waals surface area contributed by atoms with E-state index >= 15 is 0 Å². The van der Waals surface area contributed by atoms with Gasteiger partial charge in [-0.2, -0.15) is 0 Å². The minimum Gasteiger partial charge on any atom is -0.504 e. The Bertz CT molecular complexity index is 2290. The van der Waals surface area contributed by atoms with Crippen LogP contribution >= 0.6 is 23.1 Å². The Balaban J connectivity index is 1.35. The normalized spacial score (nSPS) is 18.0. The molecule has 54 heavy (non-hydrogen) atoms. The average Bonchev–Trinajstić information content (AvgIpc) is 3.57. The van der Waals surface area contributed by atoms with Gasteiger partial charge in [-0.25, -0.2) is 9.78 Å². The van der Waals surface area contributed by atoms with E-state index in [0.717, 1.165) is 28.0 Å². The van der Waals surface area contributed by atoms with E-state index in [-0.39, 0.29) is 50.8 Å². The van der Waals surface area contributed by atoms with Gasteiger partial charge in [0.15, 0.2) is 28.1 Å². The molecule has 0 spiro atoms. The monoisotopic (exact) mass is 781 g/mol. The van der Waals surface area contributed by atoms with Crippen LogP contribution in [0.3, 0.4) is 0 Å². The van der Waals surface area contributed by atoms with E-state index in [1.54, 1.807) is 12.1 Å². The molecule has 21 heteroatoms. The summed E-state index contributed by atoms with van der Waals surface area (Å²) in [6, 6.07) is 7.70. The molecule has 1 fully saturated rings. The fraction of sp³-hybridized carbons (Fsp3) is 0.242. The van der Waals surface area contributed by atoms with E-state index in [2.05, 4.69) is 25.8 Å². The van der Waals surface area contributed by atoms with Crippen molar-refractivity contribution in [2.75, 3.05) is 18.6 Å². The van der Waals surface area contributed by atoms with Gasteiger partial charge in [0.2, 0.25) is 12.2 Å². The first-order chi connectivity index (χ1) is 25.8. The molecule has 2 aromatic carbocycles. The Morgan fingerprint density at radius 3 is 2.59 bits per heavy atom. The van der Waals surface area contributed by atoms with Crippen molar-refractivity contribution in [3.05, 3.63) is 86.5 Å². The fourth-order valence-corrected chi connectivity index (χ4v) is 7.64. The highest BCUT2D eigenvalue weighted by Gasteiger charge is 2.55. The number of aromatic amines is 1. The second-order valence-corrected chi connectivity index (χ2v) is 13.8. The van der Waals surface area contributed by atoms with Crippen LogP contribution in [0, 0.1) is 0 Å². The number of fused-ring (bicyclic) bond motifs is 2. The zero-order valence-corrected chi connectivity index (χ0v) is 29.8. The molecule has 3 amide bonds. The Labute approximate surface area is 312 Å². The summed E-state index contributed by atoms with van der Waals surface area (Å²) in [7, 11) is 1.36. The number of carbonyl (C=O) groups is 4. The third-order valence-electron chi connectivity index (χ3n) is 8.35. The number of anilines is 1. The van der Waals surface area contributed by atoms with Crippen molar-refractivity contribution in [3.8, 4) is 17.2 Å². The lowest BCUT2D eigenvalue weighted by atomic mass is 9.96. The number of phenols is 2. The maximum Gasteiger partial charge on any atom is 0.512 e. The summed E-state index contributed by atoms with van der Waals surface area (Å²) in [6.07, 6.45) is -2.80. The van der Waals surface area contributed by atoms with Crippen LogP contribution in [-0.2, 0) is 30.3 Å². The van der Waals surface area contributed by atoms with E-state index in [9.17, 15) is 44.4 Å². The number of hydrogen-bond acceptors (Lipinski definition) is 16. The maximum absolute atomic E-state index is 13.9. The molecule has 19 nitrogen and oxygen atoms in total. The van der Waals surface area contributed by atoms with Gasteiger partial charge in [-0.1, -0.05) is 29.4 Å². The van der Waals surface area contributed by atoms with Crippen molar-refractivity contribution in [2.45, 2.75) is 37.1 Å². The molecule has 0 radical (unpaired) electrons. The third-order valence-corrected chi connectivity index (χ3v) is 10.3. The number of H-pyrrole nitrogens is 1. The van der Waals surface area contributed by atoms with E-state index in [4.69, 9.17) is 20.0 Å². The molecule has 3 unspecified atom stereocenters. The average molecular weight is 782 g/mol. The summed E-state index contributed by atoms with van der Waals surface area (Å²) in [5.41, 5.74) is 4.89. The van der Waals surface area contributed by atoms with Crippen molar-refractivity contribution in [3.63, 3.8) is 0 Å². The van der Waals surface area contributed by atoms with Crippen LogP contribution in [0.1, 0.15) is 28.5 Å². The molecule has 0 bridgehead atoms. The Morgan fingerprint density at radius 2 is 1.91 bits per heavy atom. The Hall–Kier alpha value is -6.32. The zero-order valence-electron chi connectivity index (χ0n) is 28.1. The molecule has 4 aromatic rings. The zero-order chi connectivity index (χ0) is 38.8. The largest absolute Gasteiger partial charge is 0.512 e. The molecule has 0 saturated carbocycles. The van der Waals surface area contributed by atoms with Crippen molar-refractivity contribution in [2.24, 2.45) is 5.16 Å². The quantitative estimate of drug-likeness (QED) is 0.0254. The number of methoxy groups -OCH3 is 1. The van der Waals surface area contributed by atoms with Gasteiger partial charge in [0.05, 0.1) is 11.6 Å². The number of amides is 3. The van der Waals surface area contributed by atoms with Gasteiger partial charge in [0, 0.05) is 41.6 Å². The molecule has 9 N–H and O–H groups in total. The first kappa shape index (κ1) is 37.4. The predicted octanol–water partition coefficient (Wildman–Crippen LogP) is 1.74. The molecular formula is C33H31N7O12S2. The molecular weight excluding hydrogens is 751 g/mol. The minimum atomic E-state index is -1.79. The lowest BCUT2D eigenvalue weighted by Gasteiger charge is -2.49. The minimum absolute atomic E-state index is 0.0633. The van der Waals surface area contributed by atoms with Crippen LogP contribution in [0.4, 0.5) is 9.93 Å². The number of nitrogens with zero attached hydrogens (tertiary/aromatic N) is 3. The summed E-state index contributed by atoms with van der Waals surface area (Å²) in [4.78, 5) is 78.5. The molecule has 2 aliphatic heterocycles. The molecule has 6 rings (SSSR count). The second kappa shape index (κ2) is 15.3. The van der Waals surface area contributed by atoms with E-state index in [0.29, 0.717) is 5.56 Å². The van der Waals surface area contributed by atoms with E-state index < -0.39 is 76.3 Å². The van der Waals surface area contributed by atoms with Crippen molar-refractivity contribution in [1.29, 1.82) is 0 Å². The van der Waals surface area contributed by atoms with Gasteiger partial charge in [-0.15, -0.1) is 23.1 Å². The van der Waals surface area contributed by atoms with Gasteiger partial charge in [-0.05, 0) is 30.2 Å². The van der Waals surface area contributed by atoms with Crippen LogP contribution in [0.15, 0.2) is 69.3 Å². The van der Waals surface area contributed by atoms with Gasteiger partial charge in [-0.3, -0.25) is 24.1 Å². The number of thiazole rings is 1. The summed E-state index contributed by atoms with van der Waals surface area (Å²) < 4.78 is 10.2. The molecule has 4 heterocycles. The number of hydrogen-bond donors (Lipinski definition) is 8. The number of pyridine rings is 1. The van der Waals surface area contributed by atoms with Gasteiger partial charge < -0.3 is 56.1 Å². The number of nitrogens with two attached hydrogens (primary N) is 1. The van der Waals surface area contributed by atoms with Crippen molar-refractivity contribution < 1.29 is 53.9 Å². The van der Waals surface area contributed by atoms with Crippen LogP contribution in [-0.4, -0.2) is 101 Å². The van der Waals surface area contributed by atoms with Gasteiger partial charge >= 0.3 is 6.16 Å². The first-order valence-corrected chi connectivity index (χ1v) is 17.7. The molecule has 2 aromatic heterocycles. The van der Waals surface area contributed by atoms with Gasteiger partial charge in [0.1, 0.15) is 17.1 Å². The standard InChI is InChI=1S/C33H31N7O12S2/c1-13(50-2)52-39-23(19-12-54-32(34)37-19)27(45)38-24-29(47)40-30(51-33(48)49)16(11-53-31(24)40)18(9-14-7-8-20(41)21(42)10-14)36-26(44)22-15-5-3-4-6-17(15)35-28(46)25(22)43/h3-8,10,12-13,18,24,31,41-43H,9,11H2,1-2H3,(H2,34,37)(H,35,46)(H,36,44)(H,38,45)(H,48,49)/b39-23-/t13?,18?,24?,31-/m0/s1. The number of rotatable bonds is 12. The highest BCUT2D eigenvalue weighted by atomic mass is 32.2. The number of aromatic nitrogens is 2. The summed E-state index contributed by atoms with van der Waals surface area (Å²) in [5, 5.41) is 50.7. The van der Waals surface area contributed by atoms with Gasteiger partial charge in [0.25, 0.3) is 23.3 Å². The summed E-state index contributed by atoms with van der Waals surface area (Å²) in [5.74, 6) is -4.86. The molecule has 282 valence electrons. The third kappa shape index (κ3) is 7.44. The number of para-hydroxylation sites is 1. The predicted molar refractivity (Wildman–Crippen MR) is 193 cm³/mol. The Kier molecular flexibility index (Phi) is 10.6. The van der Waals surface area contributed by atoms with Crippen LogP contribution < -0.4 is 21.9 Å². The molecule has 2 aliphatic rings. The number of carbonyl (C=O) groups excluding carboxylic acids is 3. The summed E-state index contributed by atoms with van der Waals surface area (Å²) in [6.45, 7) is 1.53. The number of ether oxygens (including phenoxy) is 2. The van der Waals surface area contributed by atoms with Crippen LogP contribution in [0.2, 0.25) is 0 Å². The highest BCUT2D eigenvalue weighted by Crippen LogP contribution is 2.42. The number of β-lactam (4-membered cyclic amide) rings is 1. The number of phenolic OH excluding ortho intramolecular Hbond substituents is 2. The topological polar surface area (TPSA) is 288 Å². The number of nitrogen functional groups attached to an aromatic ring is 1. The fourth-order valence-electron chi connectivity index (χ4n) is 5.69. The number of aromatic hydroxyl groups is 3. The van der Waals surface area contributed by atoms with E-state index in [1.165, 1.54) is 49.7 Å². The smallest absolute Gasteiger partial charge is 0.504 e. The Morgan fingerprint density at radius 1 is 1.15 bits per heavy atom. The highest BCUT2D eigenvalue weighted by molar-refractivity contribution is 8.00. The summed E-state index contributed by atoms with van der Waals surface area (Å²) >= 11 is 2.14.